The maximum atomic E-state index is 11.9. The number of nitrogens with two attached hydrogens (primary N) is 1. The Hall–Kier alpha value is -1.39. The summed E-state index contributed by atoms with van der Waals surface area (Å²) in [6.45, 7) is 2.63. The molecule has 0 heterocycles. The lowest BCUT2D eigenvalue weighted by Crippen LogP contribution is -2.34. The Morgan fingerprint density at radius 2 is 2.26 bits per heavy atom. The molecule has 0 fully saturated rings. The van der Waals surface area contributed by atoms with Gasteiger partial charge in [0, 0.05) is 12.8 Å². The van der Waals surface area contributed by atoms with Crippen LogP contribution in [-0.2, 0) is 11.2 Å². The second-order valence-corrected chi connectivity index (χ2v) is 5.40. The Labute approximate surface area is 114 Å². The number of benzene rings is 1. The monoisotopic (exact) mass is 262 g/mol. The van der Waals surface area contributed by atoms with Crippen LogP contribution in [0.3, 0.4) is 0 Å². The van der Waals surface area contributed by atoms with Gasteiger partial charge in [-0.15, -0.1) is 0 Å². The number of hydrogen-bond donors (Lipinski definition) is 3. The lowest BCUT2D eigenvalue weighted by atomic mass is 10.0. The fourth-order valence-electron chi connectivity index (χ4n) is 2.49. The predicted molar refractivity (Wildman–Crippen MR) is 74.5 cm³/mol. The van der Waals surface area contributed by atoms with Crippen LogP contribution in [0.2, 0.25) is 0 Å². The fraction of sp³-hybridized carbons (Fsp3) is 0.533. The number of amides is 1. The quantitative estimate of drug-likeness (QED) is 0.744. The molecule has 1 amide bonds. The van der Waals surface area contributed by atoms with Crippen LogP contribution in [0, 0.1) is 5.92 Å². The summed E-state index contributed by atoms with van der Waals surface area (Å²) in [5.41, 5.74) is 7.69. The summed E-state index contributed by atoms with van der Waals surface area (Å²) in [4.78, 5) is 11.9. The third kappa shape index (κ3) is 3.33. The van der Waals surface area contributed by atoms with Gasteiger partial charge in [-0.1, -0.05) is 31.2 Å². The van der Waals surface area contributed by atoms with Crippen molar-refractivity contribution in [1.29, 1.82) is 0 Å². The number of fused-ring (bicyclic) bond motifs is 1. The van der Waals surface area contributed by atoms with Gasteiger partial charge in [-0.05, 0) is 30.0 Å². The highest BCUT2D eigenvalue weighted by Gasteiger charge is 2.31. The van der Waals surface area contributed by atoms with E-state index in [1.165, 1.54) is 0 Å². The summed E-state index contributed by atoms with van der Waals surface area (Å²) in [6, 6.07) is 7.60. The van der Waals surface area contributed by atoms with Crippen molar-refractivity contribution < 1.29 is 9.90 Å². The van der Waals surface area contributed by atoms with Crippen LogP contribution in [-0.4, -0.2) is 23.7 Å². The molecule has 0 bridgehead atoms. The van der Waals surface area contributed by atoms with Crippen LogP contribution in [0.25, 0.3) is 0 Å². The van der Waals surface area contributed by atoms with Gasteiger partial charge < -0.3 is 16.2 Å². The van der Waals surface area contributed by atoms with Gasteiger partial charge in [-0.25, -0.2) is 0 Å². The first kappa shape index (κ1) is 14.0. The first-order valence-corrected chi connectivity index (χ1v) is 6.87. The van der Waals surface area contributed by atoms with Crippen molar-refractivity contribution in [2.24, 2.45) is 11.7 Å². The molecule has 4 N–H and O–H groups in total. The highest BCUT2D eigenvalue weighted by molar-refractivity contribution is 5.76. The molecule has 4 nitrogen and oxygen atoms in total. The van der Waals surface area contributed by atoms with Crippen LogP contribution in [0.5, 0.6) is 0 Å². The SMILES string of the molecule is CC(CN)CCC(=O)N[C@H]1c2ccccc2C[C@H]1O. The number of aliphatic hydroxyl groups is 1. The number of nitrogens with one attached hydrogen (secondary N) is 1. The Bertz CT molecular complexity index is 448. The lowest BCUT2D eigenvalue weighted by molar-refractivity contribution is -0.122. The van der Waals surface area contributed by atoms with E-state index in [0.717, 1.165) is 17.5 Å². The van der Waals surface area contributed by atoms with Gasteiger partial charge in [0.15, 0.2) is 0 Å². The molecule has 0 saturated heterocycles. The predicted octanol–water partition coefficient (Wildman–Crippen LogP) is 1.14. The molecule has 1 aliphatic carbocycles. The molecule has 0 aliphatic heterocycles. The minimum Gasteiger partial charge on any atom is -0.390 e. The zero-order chi connectivity index (χ0) is 13.8. The summed E-state index contributed by atoms with van der Waals surface area (Å²) in [6.07, 6.45) is 1.34. The molecule has 2 rings (SSSR count). The molecule has 1 aromatic rings. The number of carbonyl (C=O) groups is 1. The maximum Gasteiger partial charge on any atom is 0.220 e. The molecule has 3 atom stereocenters. The molecule has 0 spiro atoms. The van der Waals surface area contributed by atoms with Gasteiger partial charge in [-0.3, -0.25) is 4.79 Å². The molecule has 0 radical (unpaired) electrons. The summed E-state index contributed by atoms with van der Waals surface area (Å²) < 4.78 is 0. The van der Waals surface area contributed by atoms with Gasteiger partial charge in [0.1, 0.15) is 0 Å². The molecular formula is C15H22N2O2. The number of carbonyl (C=O) groups excluding carboxylic acids is 1. The van der Waals surface area contributed by atoms with Gasteiger partial charge in [0.25, 0.3) is 0 Å². The highest BCUT2D eigenvalue weighted by atomic mass is 16.3. The molecule has 1 unspecified atom stereocenters. The van der Waals surface area contributed by atoms with E-state index in [1.807, 2.05) is 31.2 Å². The summed E-state index contributed by atoms with van der Waals surface area (Å²) in [5, 5.41) is 13.0. The van der Waals surface area contributed by atoms with Gasteiger partial charge >= 0.3 is 0 Å². The van der Waals surface area contributed by atoms with Gasteiger partial charge in [-0.2, -0.15) is 0 Å². The molecule has 1 aliphatic rings. The minimum absolute atomic E-state index is 0.0129. The molecule has 4 heteroatoms. The summed E-state index contributed by atoms with van der Waals surface area (Å²) >= 11 is 0. The average Bonchev–Trinajstić information content (AvgIpc) is 2.72. The standard InChI is InChI=1S/C15H22N2O2/c1-10(9-16)6-7-14(19)17-15-12-5-3-2-4-11(12)8-13(15)18/h2-5,10,13,15,18H,6-9,16H2,1H3,(H,17,19)/t10?,13-,15+/m1/s1. The Balaban J connectivity index is 1.94. The number of hydrogen-bond acceptors (Lipinski definition) is 3. The zero-order valence-corrected chi connectivity index (χ0v) is 11.3. The largest absolute Gasteiger partial charge is 0.390 e. The zero-order valence-electron chi connectivity index (χ0n) is 11.3. The molecule has 104 valence electrons. The van der Waals surface area contributed by atoms with E-state index in [0.29, 0.717) is 25.3 Å². The van der Waals surface area contributed by atoms with Crippen molar-refractivity contribution in [3.8, 4) is 0 Å². The second-order valence-electron chi connectivity index (χ2n) is 5.40. The highest BCUT2D eigenvalue weighted by Crippen LogP contribution is 2.31. The van der Waals surface area contributed by atoms with Crippen LogP contribution in [0.1, 0.15) is 36.9 Å². The van der Waals surface area contributed by atoms with Crippen molar-refractivity contribution in [1.82, 2.24) is 5.32 Å². The maximum absolute atomic E-state index is 11.9. The smallest absolute Gasteiger partial charge is 0.220 e. The molecule has 0 aromatic heterocycles. The number of aliphatic hydroxyl groups excluding tert-OH is 1. The van der Waals surface area contributed by atoms with E-state index in [-0.39, 0.29) is 11.9 Å². The Morgan fingerprint density at radius 3 is 3.00 bits per heavy atom. The minimum atomic E-state index is -0.520. The first-order valence-electron chi connectivity index (χ1n) is 6.87. The molecule has 0 saturated carbocycles. The van der Waals surface area contributed by atoms with Crippen molar-refractivity contribution >= 4 is 5.91 Å². The van der Waals surface area contributed by atoms with E-state index < -0.39 is 6.10 Å². The van der Waals surface area contributed by atoms with E-state index in [9.17, 15) is 9.90 Å². The molecule has 1 aromatic carbocycles. The normalized spacial score (nSPS) is 22.9. The lowest BCUT2D eigenvalue weighted by Gasteiger charge is -2.18. The van der Waals surface area contributed by atoms with Crippen molar-refractivity contribution in [2.45, 2.75) is 38.3 Å². The second kappa shape index (κ2) is 6.17. The van der Waals surface area contributed by atoms with E-state index >= 15 is 0 Å². The topological polar surface area (TPSA) is 75.4 Å². The van der Waals surface area contributed by atoms with E-state index in [1.54, 1.807) is 0 Å². The third-order valence-corrected chi connectivity index (χ3v) is 3.79. The van der Waals surface area contributed by atoms with Crippen LogP contribution >= 0.6 is 0 Å². The van der Waals surface area contributed by atoms with Crippen molar-refractivity contribution in [3.05, 3.63) is 35.4 Å². The molecular weight excluding hydrogens is 240 g/mol. The fourth-order valence-corrected chi connectivity index (χ4v) is 2.49. The third-order valence-electron chi connectivity index (χ3n) is 3.79. The Morgan fingerprint density at radius 1 is 1.53 bits per heavy atom. The van der Waals surface area contributed by atoms with Gasteiger partial charge in [0.2, 0.25) is 5.91 Å². The van der Waals surface area contributed by atoms with Gasteiger partial charge in [0.05, 0.1) is 12.1 Å². The average molecular weight is 262 g/mol. The first-order chi connectivity index (χ1) is 9.11. The van der Waals surface area contributed by atoms with Crippen LogP contribution < -0.4 is 11.1 Å². The summed E-state index contributed by atoms with van der Waals surface area (Å²) in [5.74, 6) is 0.340. The molecule has 19 heavy (non-hydrogen) atoms. The van der Waals surface area contributed by atoms with Crippen LogP contribution in [0.15, 0.2) is 24.3 Å². The van der Waals surface area contributed by atoms with E-state index in [2.05, 4.69) is 5.32 Å². The van der Waals surface area contributed by atoms with E-state index in [4.69, 9.17) is 5.73 Å². The Kier molecular flexibility index (Phi) is 4.56. The summed E-state index contributed by atoms with van der Waals surface area (Å²) in [7, 11) is 0. The van der Waals surface area contributed by atoms with Crippen LogP contribution in [0.4, 0.5) is 0 Å². The number of rotatable bonds is 5. The van der Waals surface area contributed by atoms with Crippen molar-refractivity contribution in [2.75, 3.05) is 6.54 Å². The van der Waals surface area contributed by atoms with Crippen molar-refractivity contribution in [3.63, 3.8) is 0 Å².